The molecule has 0 aliphatic heterocycles. The number of nitrogen functional groups attached to an aromatic ring is 1. The molecule has 0 aliphatic rings. The Balaban J connectivity index is 2.52. The van der Waals surface area contributed by atoms with Crippen molar-refractivity contribution in [3.63, 3.8) is 0 Å². The van der Waals surface area contributed by atoms with Crippen molar-refractivity contribution in [2.24, 2.45) is 0 Å². The van der Waals surface area contributed by atoms with Gasteiger partial charge in [0, 0.05) is 5.56 Å². The SMILES string of the molecule is Cc1nc(-c2ccc(O)cc2)nc(N)c1Br. The number of halogens is 1. The predicted molar refractivity (Wildman–Crippen MR) is 66.0 cm³/mol. The largest absolute Gasteiger partial charge is 0.508 e. The van der Waals surface area contributed by atoms with Crippen molar-refractivity contribution in [1.82, 2.24) is 9.97 Å². The number of anilines is 1. The highest BCUT2D eigenvalue weighted by molar-refractivity contribution is 9.10. The molecule has 0 bridgehead atoms. The molecule has 3 N–H and O–H groups in total. The lowest BCUT2D eigenvalue weighted by Crippen LogP contribution is -1.99. The third-order valence-electron chi connectivity index (χ3n) is 2.17. The summed E-state index contributed by atoms with van der Waals surface area (Å²) in [7, 11) is 0. The predicted octanol–water partition coefficient (Wildman–Crippen LogP) is 2.50. The molecule has 1 aromatic carbocycles. The number of benzene rings is 1. The first kappa shape index (κ1) is 10.9. The van der Waals surface area contributed by atoms with Gasteiger partial charge in [-0.15, -0.1) is 0 Å². The minimum absolute atomic E-state index is 0.213. The molecule has 2 aromatic rings. The average Bonchev–Trinajstić information content (AvgIpc) is 2.26. The third-order valence-corrected chi connectivity index (χ3v) is 3.15. The van der Waals surface area contributed by atoms with E-state index in [1.165, 1.54) is 0 Å². The van der Waals surface area contributed by atoms with E-state index in [9.17, 15) is 5.11 Å². The van der Waals surface area contributed by atoms with Gasteiger partial charge in [0.05, 0.1) is 10.2 Å². The number of rotatable bonds is 1. The monoisotopic (exact) mass is 279 g/mol. The number of aromatic nitrogens is 2. The first-order chi connectivity index (χ1) is 7.58. The molecule has 0 fully saturated rings. The van der Waals surface area contributed by atoms with Gasteiger partial charge >= 0.3 is 0 Å². The second kappa shape index (κ2) is 4.09. The quantitative estimate of drug-likeness (QED) is 0.841. The molecule has 5 heteroatoms. The second-order valence-electron chi connectivity index (χ2n) is 3.38. The highest BCUT2D eigenvalue weighted by Gasteiger charge is 2.08. The molecular formula is C11H10BrN3O. The van der Waals surface area contributed by atoms with Crippen LogP contribution in [-0.2, 0) is 0 Å². The summed E-state index contributed by atoms with van der Waals surface area (Å²) in [6.45, 7) is 1.85. The van der Waals surface area contributed by atoms with Crippen LogP contribution in [0.5, 0.6) is 5.75 Å². The molecular weight excluding hydrogens is 270 g/mol. The maximum Gasteiger partial charge on any atom is 0.161 e. The number of phenols is 1. The van der Waals surface area contributed by atoms with E-state index < -0.39 is 0 Å². The molecule has 0 radical (unpaired) electrons. The topological polar surface area (TPSA) is 72.0 Å². The molecule has 0 saturated carbocycles. The van der Waals surface area contributed by atoms with Gasteiger partial charge in [0.15, 0.2) is 5.82 Å². The van der Waals surface area contributed by atoms with E-state index in [2.05, 4.69) is 25.9 Å². The number of phenolic OH excluding ortho intramolecular Hbond substituents is 1. The maximum absolute atomic E-state index is 9.18. The van der Waals surface area contributed by atoms with Crippen molar-refractivity contribution in [2.45, 2.75) is 6.92 Å². The Bertz CT molecular complexity index is 502. The molecule has 0 spiro atoms. The van der Waals surface area contributed by atoms with Crippen molar-refractivity contribution >= 4 is 21.7 Å². The van der Waals surface area contributed by atoms with Gasteiger partial charge < -0.3 is 10.8 Å². The molecule has 82 valence electrons. The zero-order chi connectivity index (χ0) is 11.7. The van der Waals surface area contributed by atoms with Gasteiger partial charge in [-0.1, -0.05) is 0 Å². The van der Waals surface area contributed by atoms with Gasteiger partial charge in [-0.05, 0) is 47.1 Å². The molecule has 0 aliphatic carbocycles. The molecule has 1 aromatic heterocycles. The molecule has 0 amide bonds. The summed E-state index contributed by atoms with van der Waals surface area (Å²) in [6, 6.07) is 6.67. The summed E-state index contributed by atoms with van der Waals surface area (Å²) in [5, 5.41) is 9.18. The van der Waals surface area contributed by atoms with Gasteiger partial charge in [0.2, 0.25) is 0 Å². The summed E-state index contributed by atoms with van der Waals surface area (Å²) < 4.78 is 0.718. The van der Waals surface area contributed by atoms with Crippen LogP contribution in [0.15, 0.2) is 28.7 Å². The van der Waals surface area contributed by atoms with E-state index in [-0.39, 0.29) is 5.75 Å². The van der Waals surface area contributed by atoms with Crippen LogP contribution in [0, 0.1) is 6.92 Å². The maximum atomic E-state index is 9.18. The summed E-state index contributed by atoms with van der Waals surface area (Å²) in [5.74, 6) is 1.18. The Kier molecular flexibility index (Phi) is 2.78. The molecule has 2 rings (SSSR count). The average molecular weight is 280 g/mol. The summed E-state index contributed by atoms with van der Waals surface area (Å²) in [6.07, 6.45) is 0. The highest BCUT2D eigenvalue weighted by Crippen LogP contribution is 2.25. The van der Waals surface area contributed by atoms with Crippen LogP contribution >= 0.6 is 15.9 Å². The van der Waals surface area contributed by atoms with Gasteiger partial charge in [0.25, 0.3) is 0 Å². The lowest BCUT2D eigenvalue weighted by Gasteiger charge is -2.05. The number of hydrogen-bond acceptors (Lipinski definition) is 4. The van der Waals surface area contributed by atoms with E-state index in [4.69, 9.17) is 5.73 Å². The minimum Gasteiger partial charge on any atom is -0.508 e. The van der Waals surface area contributed by atoms with Crippen molar-refractivity contribution in [3.05, 3.63) is 34.4 Å². The smallest absolute Gasteiger partial charge is 0.161 e. The number of nitrogens with zero attached hydrogens (tertiary/aromatic N) is 2. The minimum atomic E-state index is 0.213. The molecule has 4 nitrogen and oxygen atoms in total. The summed E-state index contributed by atoms with van der Waals surface area (Å²) in [4.78, 5) is 8.49. The van der Waals surface area contributed by atoms with E-state index in [1.54, 1.807) is 24.3 Å². The van der Waals surface area contributed by atoms with Crippen LogP contribution in [0.2, 0.25) is 0 Å². The Morgan fingerprint density at radius 1 is 1.19 bits per heavy atom. The van der Waals surface area contributed by atoms with E-state index in [0.29, 0.717) is 11.6 Å². The summed E-state index contributed by atoms with van der Waals surface area (Å²) >= 11 is 3.31. The molecule has 16 heavy (non-hydrogen) atoms. The second-order valence-corrected chi connectivity index (χ2v) is 4.17. The Hall–Kier alpha value is -1.62. The number of nitrogens with two attached hydrogens (primary N) is 1. The molecule has 0 unspecified atom stereocenters. The van der Waals surface area contributed by atoms with Crippen LogP contribution in [0.1, 0.15) is 5.69 Å². The van der Waals surface area contributed by atoms with E-state index in [1.807, 2.05) is 6.92 Å². The highest BCUT2D eigenvalue weighted by atomic mass is 79.9. The molecule has 1 heterocycles. The Morgan fingerprint density at radius 3 is 2.38 bits per heavy atom. The summed E-state index contributed by atoms with van der Waals surface area (Å²) in [5.41, 5.74) is 7.35. The first-order valence-electron chi connectivity index (χ1n) is 4.67. The van der Waals surface area contributed by atoms with Gasteiger partial charge in [0.1, 0.15) is 11.6 Å². The Labute approximate surface area is 101 Å². The number of aryl methyl sites for hydroxylation is 1. The number of aromatic hydroxyl groups is 1. The lowest BCUT2D eigenvalue weighted by atomic mass is 10.2. The Morgan fingerprint density at radius 2 is 1.81 bits per heavy atom. The van der Waals surface area contributed by atoms with Crippen LogP contribution < -0.4 is 5.73 Å². The molecule has 0 atom stereocenters. The third kappa shape index (κ3) is 1.99. The lowest BCUT2D eigenvalue weighted by molar-refractivity contribution is 0.475. The van der Waals surface area contributed by atoms with Crippen molar-refractivity contribution in [2.75, 3.05) is 5.73 Å². The number of hydrogen-bond donors (Lipinski definition) is 2. The van der Waals surface area contributed by atoms with E-state index >= 15 is 0 Å². The van der Waals surface area contributed by atoms with Crippen molar-refractivity contribution in [1.29, 1.82) is 0 Å². The zero-order valence-electron chi connectivity index (χ0n) is 8.61. The first-order valence-corrected chi connectivity index (χ1v) is 5.46. The van der Waals surface area contributed by atoms with Gasteiger partial charge in [-0.3, -0.25) is 0 Å². The standard InChI is InChI=1S/C11H10BrN3O/c1-6-9(12)10(13)15-11(14-6)7-2-4-8(16)5-3-7/h2-5,16H,1H3,(H2,13,14,15). The van der Waals surface area contributed by atoms with Crippen LogP contribution in [-0.4, -0.2) is 15.1 Å². The van der Waals surface area contributed by atoms with Gasteiger partial charge in [-0.2, -0.15) is 0 Å². The van der Waals surface area contributed by atoms with Crippen molar-refractivity contribution < 1.29 is 5.11 Å². The fraction of sp³-hybridized carbons (Fsp3) is 0.0909. The van der Waals surface area contributed by atoms with Crippen LogP contribution in [0.4, 0.5) is 5.82 Å². The zero-order valence-corrected chi connectivity index (χ0v) is 10.2. The van der Waals surface area contributed by atoms with Crippen LogP contribution in [0.3, 0.4) is 0 Å². The van der Waals surface area contributed by atoms with Crippen molar-refractivity contribution in [3.8, 4) is 17.1 Å². The van der Waals surface area contributed by atoms with Crippen LogP contribution in [0.25, 0.3) is 11.4 Å². The van der Waals surface area contributed by atoms with E-state index in [0.717, 1.165) is 15.7 Å². The molecule has 0 saturated heterocycles. The van der Waals surface area contributed by atoms with Gasteiger partial charge in [-0.25, -0.2) is 9.97 Å². The fourth-order valence-corrected chi connectivity index (χ4v) is 1.50. The normalized spacial score (nSPS) is 10.4. The fourth-order valence-electron chi connectivity index (χ4n) is 1.32.